The van der Waals surface area contributed by atoms with Crippen LogP contribution in [-0.2, 0) is 0 Å². The van der Waals surface area contributed by atoms with Crippen molar-refractivity contribution < 1.29 is 19.7 Å². The van der Waals surface area contributed by atoms with Gasteiger partial charge in [0.1, 0.15) is 11.4 Å². The standard InChI is InChI=1S/C20H20N6O6/c27-13-3-4-15(9-12-23-24-20(28)18-5-1-2-10-21-18)8-11-22-17-7-6-16(25(29)30)14-19(17)26(31)32/h1-2,5-12,14,23,27H,3-4,13H2,(H,24,28)/b12-9+,15-8-,22-11?. The molecule has 0 unspecified atom stereocenters. The second-order valence-corrected chi connectivity index (χ2v) is 6.18. The first kappa shape index (κ1) is 23.8. The lowest BCUT2D eigenvalue weighted by molar-refractivity contribution is -0.393. The van der Waals surface area contributed by atoms with E-state index in [9.17, 15) is 25.0 Å². The molecule has 0 bridgehead atoms. The van der Waals surface area contributed by atoms with Crippen LogP contribution in [0.1, 0.15) is 23.3 Å². The zero-order valence-electron chi connectivity index (χ0n) is 16.7. The lowest BCUT2D eigenvalue weighted by Crippen LogP contribution is -2.33. The minimum absolute atomic E-state index is 0.0388. The molecule has 12 heteroatoms. The van der Waals surface area contributed by atoms with Gasteiger partial charge in [0.25, 0.3) is 11.6 Å². The van der Waals surface area contributed by atoms with E-state index < -0.39 is 27.1 Å². The molecule has 0 fully saturated rings. The second kappa shape index (κ2) is 12.3. The number of allylic oxidation sites excluding steroid dienone is 3. The molecule has 0 saturated carbocycles. The highest BCUT2D eigenvalue weighted by atomic mass is 16.6. The van der Waals surface area contributed by atoms with E-state index in [2.05, 4.69) is 20.8 Å². The van der Waals surface area contributed by atoms with Crippen LogP contribution >= 0.6 is 0 Å². The fraction of sp³-hybridized carbons (Fsp3) is 0.150. The number of hydrogen-bond donors (Lipinski definition) is 3. The van der Waals surface area contributed by atoms with Crippen LogP contribution in [0.25, 0.3) is 0 Å². The number of carbonyl (C=O) groups excluding carboxylic acids is 1. The van der Waals surface area contributed by atoms with Gasteiger partial charge in [0, 0.05) is 31.3 Å². The third kappa shape index (κ3) is 7.42. The van der Waals surface area contributed by atoms with Gasteiger partial charge in [0.15, 0.2) is 0 Å². The number of aliphatic hydroxyl groups is 1. The van der Waals surface area contributed by atoms with Gasteiger partial charge in [-0.2, -0.15) is 0 Å². The average molecular weight is 440 g/mol. The van der Waals surface area contributed by atoms with E-state index in [1.165, 1.54) is 24.7 Å². The largest absolute Gasteiger partial charge is 0.396 e. The minimum atomic E-state index is -0.746. The fourth-order valence-corrected chi connectivity index (χ4v) is 2.42. The molecule has 0 saturated heterocycles. The summed E-state index contributed by atoms with van der Waals surface area (Å²) < 4.78 is 0. The Labute approximate surface area is 182 Å². The van der Waals surface area contributed by atoms with Gasteiger partial charge in [0.2, 0.25) is 0 Å². The number of nitrogens with zero attached hydrogens (tertiary/aromatic N) is 4. The van der Waals surface area contributed by atoms with Crippen LogP contribution in [0.5, 0.6) is 0 Å². The molecular formula is C20H20N6O6. The predicted molar refractivity (Wildman–Crippen MR) is 116 cm³/mol. The van der Waals surface area contributed by atoms with Crippen molar-refractivity contribution >= 4 is 29.2 Å². The quantitative estimate of drug-likeness (QED) is 0.207. The normalized spacial score (nSPS) is 11.6. The van der Waals surface area contributed by atoms with Crippen LogP contribution in [0.15, 0.2) is 71.5 Å². The molecular weight excluding hydrogens is 420 g/mol. The number of amides is 1. The van der Waals surface area contributed by atoms with Gasteiger partial charge in [0.05, 0.1) is 15.9 Å². The van der Waals surface area contributed by atoms with Crippen LogP contribution in [-0.4, -0.2) is 38.7 Å². The summed E-state index contributed by atoms with van der Waals surface area (Å²) in [6, 6.07) is 8.10. The van der Waals surface area contributed by atoms with E-state index in [4.69, 9.17) is 5.11 Å². The van der Waals surface area contributed by atoms with Gasteiger partial charge in [-0.15, -0.1) is 0 Å². The SMILES string of the molecule is O=C(NN/C=C/C(=C\C=Nc1ccc([N+](=O)[O-])cc1[N+](=O)[O-])CCCO)c1ccccn1. The summed E-state index contributed by atoms with van der Waals surface area (Å²) in [6.07, 6.45) is 8.41. The highest BCUT2D eigenvalue weighted by Gasteiger charge is 2.18. The van der Waals surface area contributed by atoms with E-state index in [-0.39, 0.29) is 18.0 Å². The van der Waals surface area contributed by atoms with Gasteiger partial charge >= 0.3 is 5.69 Å². The monoisotopic (exact) mass is 440 g/mol. The summed E-state index contributed by atoms with van der Waals surface area (Å²) in [5.41, 5.74) is 5.07. The number of benzene rings is 1. The number of nitrogens with one attached hydrogen (secondary N) is 2. The molecule has 0 atom stereocenters. The molecule has 166 valence electrons. The van der Waals surface area contributed by atoms with Crippen LogP contribution in [0, 0.1) is 20.2 Å². The Morgan fingerprint density at radius 2 is 2.00 bits per heavy atom. The first-order valence-electron chi connectivity index (χ1n) is 9.32. The fourth-order valence-electron chi connectivity index (χ4n) is 2.42. The summed E-state index contributed by atoms with van der Waals surface area (Å²) >= 11 is 0. The van der Waals surface area contributed by atoms with Gasteiger partial charge in [-0.1, -0.05) is 6.07 Å². The van der Waals surface area contributed by atoms with Crippen molar-refractivity contribution in [3.63, 3.8) is 0 Å². The van der Waals surface area contributed by atoms with E-state index >= 15 is 0 Å². The number of pyridine rings is 1. The van der Waals surface area contributed by atoms with Crippen molar-refractivity contribution in [3.05, 3.63) is 92.4 Å². The van der Waals surface area contributed by atoms with Crippen LogP contribution in [0.3, 0.4) is 0 Å². The molecule has 32 heavy (non-hydrogen) atoms. The van der Waals surface area contributed by atoms with E-state index in [0.29, 0.717) is 18.4 Å². The highest BCUT2D eigenvalue weighted by Crippen LogP contribution is 2.30. The molecule has 3 N–H and O–H groups in total. The molecule has 0 spiro atoms. The minimum Gasteiger partial charge on any atom is -0.396 e. The number of hydrazine groups is 1. The molecule has 0 radical (unpaired) electrons. The first-order valence-corrected chi connectivity index (χ1v) is 9.32. The number of aliphatic hydroxyl groups excluding tert-OH is 1. The third-order valence-electron chi connectivity index (χ3n) is 3.96. The van der Waals surface area contributed by atoms with Crippen LogP contribution in [0.4, 0.5) is 17.1 Å². The lowest BCUT2D eigenvalue weighted by Gasteiger charge is -2.04. The molecule has 1 amide bonds. The maximum absolute atomic E-state index is 11.9. The summed E-state index contributed by atoms with van der Waals surface area (Å²) in [4.78, 5) is 40.4. The Hall–Kier alpha value is -4.45. The number of non-ortho nitro benzene ring substituents is 1. The number of nitro benzene ring substituents is 2. The van der Waals surface area contributed by atoms with Crippen molar-refractivity contribution in [2.24, 2.45) is 4.99 Å². The summed E-state index contributed by atoms with van der Waals surface area (Å²) in [5, 5.41) is 31.0. The van der Waals surface area contributed by atoms with Crippen molar-refractivity contribution in [3.8, 4) is 0 Å². The van der Waals surface area contributed by atoms with E-state index in [0.717, 1.165) is 12.1 Å². The highest BCUT2D eigenvalue weighted by molar-refractivity contribution is 5.91. The average Bonchev–Trinajstić information content (AvgIpc) is 2.80. The molecule has 2 aromatic rings. The first-order chi connectivity index (χ1) is 15.4. The molecule has 2 rings (SSSR count). The van der Waals surface area contributed by atoms with Crippen LogP contribution in [0.2, 0.25) is 0 Å². The van der Waals surface area contributed by atoms with Gasteiger partial charge < -0.3 is 10.5 Å². The maximum Gasteiger partial charge on any atom is 0.301 e. The molecule has 0 aliphatic heterocycles. The molecule has 0 aliphatic carbocycles. The Kier molecular flexibility index (Phi) is 9.15. The number of rotatable bonds is 11. The molecule has 12 nitrogen and oxygen atoms in total. The summed E-state index contributed by atoms with van der Waals surface area (Å²) in [5.74, 6) is -0.428. The van der Waals surface area contributed by atoms with Crippen molar-refractivity contribution in [2.75, 3.05) is 6.61 Å². The number of nitro groups is 2. The molecule has 1 aromatic carbocycles. The molecule has 1 heterocycles. The lowest BCUT2D eigenvalue weighted by atomic mass is 10.1. The zero-order valence-corrected chi connectivity index (χ0v) is 16.7. The number of hydrogen-bond acceptors (Lipinski definition) is 9. The number of aliphatic imine (C=N–C) groups is 1. The van der Waals surface area contributed by atoms with E-state index in [1.54, 1.807) is 30.4 Å². The Morgan fingerprint density at radius 3 is 2.66 bits per heavy atom. The van der Waals surface area contributed by atoms with Gasteiger partial charge in [-0.25, -0.2) is 4.99 Å². The Bertz CT molecular complexity index is 1050. The van der Waals surface area contributed by atoms with E-state index in [1.807, 2.05) is 0 Å². The van der Waals surface area contributed by atoms with Gasteiger partial charge in [-0.3, -0.25) is 35.4 Å². The maximum atomic E-state index is 11.9. The van der Waals surface area contributed by atoms with Crippen molar-refractivity contribution in [1.82, 2.24) is 15.8 Å². The third-order valence-corrected chi connectivity index (χ3v) is 3.96. The Balaban J connectivity index is 2.08. The topological polar surface area (TPSA) is 173 Å². The Morgan fingerprint density at radius 1 is 1.19 bits per heavy atom. The van der Waals surface area contributed by atoms with Crippen molar-refractivity contribution in [1.29, 1.82) is 0 Å². The molecule has 1 aromatic heterocycles. The summed E-state index contributed by atoms with van der Waals surface area (Å²) in [6.45, 7) is -0.0417. The van der Waals surface area contributed by atoms with Crippen LogP contribution < -0.4 is 10.9 Å². The summed E-state index contributed by atoms with van der Waals surface area (Å²) in [7, 11) is 0. The zero-order chi connectivity index (χ0) is 23.3. The van der Waals surface area contributed by atoms with Gasteiger partial charge in [-0.05, 0) is 48.8 Å². The number of carbonyl (C=O) groups is 1. The molecule has 0 aliphatic rings. The predicted octanol–water partition coefficient (Wildman–Crippen LogP) is 2.75. The second-order valence-electron chi connectivity index (χ2n) is 6.18. The smallest absolute Gasteiger partial charge is 0.301 e. The number of aromatic nitrogens is 1. The van der Waals surface area contributed by atoms with Crippen molar-refractivity contribution in [2.45, 2.75) is 12.8 Å².